The zero-order valence-corrected chi connectivity index (χ0v) is 9.84. The molecule has 2 unspecified atom stereocenters. The molecule has 0 aromatic rings. The summed E-state index contributed by atoms with van der Waals surface area (Å²) in [7, 11) is 0. The molecule has 15 heavy (non-hydrogen) atoms. The van der Waals surface area contributed by atoms with E-state index in [0.717, 1.165) is 12.8 Å². The summed E-state index contributed by atoms with van der Waals surface area (Å²) in [6.07, 6.45) is 3.03. The van der Waals surface area contributed by atoms with Crippen molar-refractivity contribution in [2.24, 2.45) is 5.41 Å². The Hall–Kier alpha value is -0.410. The lowest BCUT2D eigenvalue weighted by Crippen LogP contribution is -2.54. The van der Waals surface area contributed by atoms with Crippen molar-refractivity contribution in [2.75, 3.05) is 6.61 Å². The molecule has 2 aliphatic rings. The minimum Gasteiger partial charge on any atom is -0.349 e. The van der Waals surface area contributed by atoms with Crippen LogP contribution in [0.3, 0.4) is 0 Å². The van der Waals surface area contributed by atoms with Gasteiger partial charge in [-0.1, -0.05) is 13.8 Å². The maximum absolute atomic E-state index is 11.4. The fourth-order valence-corrected chi connectivity index (χ4v) is 2.21. The fraction of sp³-hybridized carbons (Fsp3) is 0.917. The molecule has 0 N–H and O–H groups in total. The van der Waals surface area contributed by atoms with Crippen molar-refractivity contribution < 1.29 is 14.3 Å². The molecule has 0 radical (unpaired) electrons. The molecule has 86 valence electrons. The van der Waals surface area contributed by atoms with E-state index in [1.807, 2.05) is 0 Å². The normalized spacial score (nSPS) is 40.7. The molecule has 0 aromatic heterocycles. The van der Waals surface area contributed by atoms with Crippen molar-refractivity contribution in [1.82, 2.24) is 0 Å². The minimum absolute atomic E-state index is 0.0474. The number of ketones is 1. The van der Waals surface area contributed by atoms with Gasteiger partial charge in [-0.3, -0.25) is 4.79 Å². The van der Waals surface area contributed by atoms with Gasteiger partial charge in [0, 0.05) is 18.3 Å². The van der Waals surface area contributed by atoms with Crippen LogP contribution in [0, 0.1) is 5.41 Å². The Morgan fingerprint density at radius 2 is 2.13 bits per heavy atom. The third kappa shape index (κ3) is 2.08. The first-order chi connectivity index (χ1) is 6.94. The molecule has 0 aromatic carbocycles. The van der Waals surface area contributed by atoms with Crippen LogP contribution in [-0.2, 0) is 14.3 Å². The molecular weight excluding hydrogens is 192 g/mol. The van der Waals surface area contributed by atoms with Crippen molar-refractivity contribution in [3.05, 3.63) is 0 Å². The van der Waals surface area contributed by atoms with Crippen molar-refractivity contribution in [2.45, 2.75) is 58.3 Å². The maximum Gasteiger partial charge on any atom is 0.175 e. The van der Waals surface area contributed by atoms with Crippen LogP contribution in [0.25, 0.3) is 0 Å². The Bertz CT molecular complexity index is 272. The standard InChI is InChI=1S/C12H20O3/c1-9-11(2,3)8-14-12(15-9)6-4-5-10(13)7-12/h9H,4-8H2,1-3H3. The van der Waals surface area contributed by atoms with Gasteiger partial charge >= 0.3 is 0 Å². The molecule has 2 atom stereocenters. The molecule has 3 heteroatoms. The molecule has 3 nitrogen and oxygen atoms in total. The molecule has 1 saturated heterocycles. The molecular formula is C12H20O3. The van der Waals surface area contributed by atoms with E-state index in [2.05, 4.69) is 20.8 Å². The van der Waals surface area contributed by atoms with Gasteiger partial charge in [0.05, 0.1) is 19.1 Å². The third-order valence-electron chi connectivity index (χ3n) is 3.68. The number of Topliss-reactive ketones (excluding diaryl/α,β-unsaturated/α-hetero) is 1. The number of hydrogen-bond acceptors (Lipinski definition) is 3. The van der Waals surface area contributed by atoms with Gasteiger partial charge in [-0.05, 0) is 13.3 Å². The highest BCUT2D eigenvalue weighted by atomic mass is 16.7. The minimum atomic E-state index is -0.593. The highest BCUT2D eigenvalue weighted by molar-refractivity contribution is 5.80. The van der Waals surface area contributed by atoms with Crippen molar-refractivity contribution in [1.29, 1.82) is 0 Å². The lowest BCUT2D eigenvalue weighted by molar-refractivity contribution is -0.329. The summed E-state index contributed by atoms with van der Waals surface area (Å²) in [6.45, 7) is 7.02. The van der Waals surface area contributed by atoms with Crippen LogP contribution in [0.2, 0.25) is 0 Å². The molecule has 0 amide bonds. The highest BCUT2D eigenvalue weighted by Crippen LogP contribution is 2.41. The molecule has 1 aliphatic carbocycles. The second-order valence-electron chi connectivity index (χ2n) is 5.52. The molecule has 0 bridgehead atoms. The lowest BCUT2D eigenvalue weighted by atomic mass is 9.84. The van der Waals surface area contributed by atoms with E-state index in [0.29, 0.717) is 19.4 Å². The van der Waals surface area contributed by atoms with Gasteiger partial charge in [-0.2, -0.15) is 0 Å². The van der Waals surface area contributed by atoms with Crippen LogP contribution in [0.15, 0.2) is 0 Å². The van der Waals surface area contributed by atoms with Crippen LogP contribution in [-0.4, -0.2) is 24.3 Å². The van der Waals surface area contributed by atoms with Gasteiger partial charge in [-0.15, -0.1) is 0 Å². The summed E-state index contributed by atoms with van der Waals surface area (Å²) >= 11 is 0. The molecule has 1 heterocycles. The van der Waals surface area contributed by atoms with Crippen LogP contribution >= 0.6 is 0 Å². The van der Waals surface area contributed by atoms with Crippen LogP contribution in [0.1, 0.15) is 46.5 Å². The molecule has 2 rings (SSSR count). The van der Waals surface area contributed by atoms with Gasteiger partial charge in [0.2, 0.25) is 0 Å². The van der Waals surface area contributed by atoms with Gasteiger partial charge in [0.1, 0.15) is 5.78 Å². The van der Waals surface area contributed by atoms with Crippen molar-refractivity contribution in [3.8, 4) is 0 Å². The van der Waals surface area contributed by atoms with E-state index in [4.69, 9.17) is 9.47 Å². The molecule has 2 fully saturated rings. The monoisotopic (exact) mass is 212 g/mol. The first-order valence-corrected chi connectivity index (χ1v) is 5.77. The van der Waals surface area contributed by atoms with Gasteiger partial charge < -0.3 is 9.47 Å². The van der Waals surface area contributed by atoms with Crippen LogP contribution in [0.4, 0.5) is 0 Å². The first kappa shape index (κ1) is 11.1. The zero-order valence-electron chi connectivity index (χ0n) is 9.84. The van der Waals surface area contributed by atoms with E-state index >= 15 is 0 Å². The zero-order chi connectivity index (χ0) is 11.1. The average molecular weight is 212 g/mol. The summed E-state index contributed by atoms with van der Waals surface area (Å²) in [5, 5.41) is 0. The molecule has 1 spiro atoms. The van der Waals surface area contributed by atoms with E-state index in [1.165, 1.54) is 0 Å². The lowest BCUT2D eigenvalue weighted by Gasteiger charge is -2.48. The van der Waals surface area contributed by atoms with Crippen molar-refractivity contribution >= 4 is 5.78 Å². The van der Waals surface area contributed by atoms with E-state index in [1.54, 1.807) is 0 Å². The number of carbonyl (C=O) groups is 1. The summed E-state index contributed by atoms with van der Waals surface area (Å²) in [6, 6.07) is 0. The predicted octanol–water partition coefficient (Wildman–Crippen LogP) is 2.29. The van der Waals surface area contributed by atoms with E-state index < -0.39 is 5.79 Å². The summed E-state index contributed by atoms with van der Waals surface area (Å²) in [5.41, 5.74) is 0.0474. The number of rotatable bonds is 0. The summed E-state index contributed by atoms with van der Waals surface area (Å²) < 4.78 is 11.8. The van der Waals surface area contributed by atoms with Gasteiger partial charge in [-0.25, -0.2) is 0 Å². The van der Waals surface area contributed by atoms with Crippen LogP contribution < -0.4 is 0 Å². The molecule has 1 saturated carbocycles. The number of carbonyl (C=O) groups excluding carboxylic acids is 1. The van der Waals surface area contributed by atoms with Crippen LogP contribution in [0.5, 0.6) is 0 Å². The summed E-state index contributed by atoms with van der Waals surface area (Å²) in [4.78, 5) is 11.4. The number of ether oxygens (including phenoxy) is 2. The van der Waals surface area contributed by atoms with Gasteiger partial charge in [0.15, 0.2) is 5.79 Å². The predicted molar refractivity (Wildman–Crippen MR) is 56.5 cm³/mol. The first-order valence-electron chi connectivity index (χ1n) is 5.77. The fourth-order valence-electron chi connectivity index (χ4n) is 2.21. The third-order valence-corrected chi connectivity index (χ3v) is 3.68. The van der Waals surface area contributed by atoms with Crippen molar-refractivity contribution in [3.63, 3.8) is 0 Å². The van der Waals surface area contributed by atoms with E-state index in [9.17, 15) is 4.79 Å². The largest absolute Gasteiger partial charge is 0.349 e. The van der Waals surface area contributed by atoms with Gasteiger partial charge in [0.25, 0.3) is 0 Å². The average Bonchev–Trinajstić information content (AvgIpc) is 2.13. The second kappa shape index (κ2) is 3.56. The summed E-state index contributed by atoms with van der Waals surface area (Å²) in [5.74, 6) is -0.322. The molecule has 1 aliphatic heterocycles. The smallest absolute Gasteiger partial charge is 0.175 e. The Labute approximate surface area is 91.1 Å². The highest BCUT2D eigenvalue weighted by Gasteiger charge is 2.47. The number of hydrogen-bond donors (Lipinski definition) is 0. The SMILES string of the molecule is CC1OC2(CCCC(=O)C2)OCC1(C)C. The van der Waals surface area contributed by atoms with E-state index in [-0.39, 0.29) is 17.3 Å². The quantitative estimate of drug-likeness (QED) is 0.618. The Balaban J connectivity index is 2.09. The Kier molecular flexibility index (Phi) is 2.63. The maximum atomic E-state index is 11.4. The second-order valence-corrected chi connectivity index (χ2v) is 5.52. The Morgan fingerprint density at radius 3 is 2.73 bits per heavy atom. The Morgan fingerprint density at radius 1 is 1.40 bits per heavy atom. The topological polar surface area (TPSA) is 35.5 Å².